The molecule has 1 heterocycles. The number of hydrogen-bond donors (Lipinski definition) is 1. The van der Waals surface area contributed by atoms with E-state index in [0.717, 1.165) is 16.7 Å². The van der Waals surface area contributed by atoms with E-state index in [-0.39, 0.29) is 0 Å². The summed E-state index contributed by atoms with van der Waals surface area (Å²) in [6, 6.07) is 11.8. The molecule has 0 atom stereocenters. The first kappa shape index (κ1) is 14.0. The van der Waals surface area contributed by atoms with Gasteiger partial charge in [-0.1, -0.05) is 36.1 Å². The average Bonchev–Trinajstić information content (AvgIpc) is 2.44. The van der Waals surface area contributed by atoms with Gasteiger partial charge in [0.05, 0.1) is 0 Å². The predicted octanol–water partition coefficient (Wildman–Crippen LogP) is 3.37. The van der Waals surface area contributed by atoms with Gasteiger partial charge in [-0.3, -0.25) is 4.98 Å². The maximum absolute atomic E-state index is 9.55. The van der Waals surface area contributed by atoms with Crippen molar-refractivity contribution in [2.24, 2.45) is 0 Å². The van der Waals surface area contributed by atoms with E-state index in [1.807, 2.05) is 48.6 Å². The fraction of sp³-hybridized carbons (Fsp3) is 0.167. The van der Waals surface area contributed by atoms with Crippen molar-refractivity contribution < 1.29 is 5.11 Å². The number of benzene rings is 1. The zero-order valence-electron chi connectivity index (χ0n) is 11.7. The van der Waals surface area contributed by atoms with Crippen LogP contribution < -0.4 is 0 Å². The molecule has 2 rings (SSSR count). The van der Waals surface area contributed by atoms with Gasteiger partial charge in [0, 0.05) is 18.0 Å². The lowest BCUT2D eigenvalue weighted by atomic mass is 10.1. The predicted molar refractivity (Wildman–Crippen MR) is 82.8 cm³/mol. The summed E-state index contributed by atoms with van der Waals surface area (Å²) in [6.07, 6.45) is 7.63. The summed E-state index contributed by atoms with van der Waals surface area (Å²) in [5.41, 5.74) is 2.16. The van der Waals surface area contributed by atoms with Gasteiger partial charge in [0.2, 0.25) is 0 Å². The zero-order chi connectivity index (χ0) is 14.4. The van der Waals surface area contributed by atoms with Crippen LogP contribution in [0, 0.1) is 11.8 Å². The van der Waals surface area contributed by atoms with Crippen molar-refractivity contribution in [2.75, 3.05) is 0 Å². The maximum Gasteiger partial charge on any atom is 0.120 e. The molecular formula is C18H17NO. The van der Waals surface area contributed by atoms with Crippen LogP contribution in [0.5, 0.6) is 0 Å². The molecule has 0 unspecified atom stereocenters. The van der Waals surface area contributed by atoms with Crippen LogP contribution in [0.1, 0.15) is 30.5 Å². The normalized spacial score (nSPS) is 11.2. The molecule has 1 aromatic carbocycles. The van der Waals surface area contributed by atoms with Gasteiger partial charge in [-0.15, -0.1) is 0 Å². The van der Waals surface area contributed by atoms with Crippen molar-refractivity contribution in [2.45, 2.75) is 19.4 Å². The topological polar surface area (TPSA) is 33.1 Å². The minimum absolute atomic E-state index is 0.896. The van der Waals surface area contributed by atoms with Gasteiger partial charge in [0.1, 0.15) is 5.60 Å². The average molecular weight is 263 g/mol. The fourth-order valence-corrected chi connectivity index (χ4v) is 1.57. The number of hydrogen-bond acceptors (Lipinski definition) is 2. The summed E-state index contributed by atoms with van der Waals surface area (Å²) in [5, 5.41) is 9.55. The summed E-state index contributed by atoms with van der Waals surface area (Å²) in [6.45, 7) is 3.34. The minimum Gasteiger partial charge on any atom is -0.378 e. The van der Waals surface area contributed by atoms with Gasteiger partial charge in [-0.25, -0.2) is 0 Å². The maximum atomic E-state index is 9.55. The highest BCUT2D eigenvalue weighted by atomic mass is 16.3. The quantitative estimate of drug-likeness (QED) is 0.843. The van der Waals surface area contributed by atoms with Gasteiger partial charge in [0.25, 0.3) is 0 Å². The van der Waals surface area contributed by atoms with Gasteiger partial charge < -0.3 is 5.11 Å². The number of aromatic nitrogens is 1. The number of nitrogens with zero attached hydrogens (tertiary/aromatic N) is 1. The third kappa shape index (κ3) is 4.72. The van der Waals surface area contributed by atoms with Crippen LogP contribution in [0.4, 0.5) is 0 Å². The molecule has 100 valence electrons. The van der Waals surface area contributed by atoms with E-state index in [0.29, 0.717) is 0 Å². The van der Waals surface area contributed by atoms with Crippen LogP contribution in [-0.4, -0.2) is 15.7 Å². The molecule has 0 aliphatic rings. The molecule has 0 bridgehead atoms. The van der Waals surface area contributed by atoms with Crippen molar-refractivity contribution >= 4 is 12.2 Å². The summed E-state index contributed by atoms with van der Waals surface area (Å²) >= 11 is 0. The fourth-order valence-electron chi connectivity index (χ4n) is 1.57. The molecule has 0 aliphatic carbocycles. The van der Waals surface area contributed by atoms with Gasteiger partial charge in [-0.2, -0.15) is 0 Å². The van der Waals surface area contributed by atoms with Crippen molar-refractivity contribution in [3.63, 3.8) is 0 Å². The Hall–Kier alpha value is -2.37. The Bertz CT molecular complexity index is 638. The molecule has 0 fully saturated rings. The molecule has 0 amide bonds. The lowest BCUT2D eigenvalue weighted by Gasteiger charge is -2.05. The van der Waals surface area contributed by atoms with Crippen LogP contribution in [0.15, 0.2) is 48.8 Å². The molecule has 2 aromatic rings. The van der Waals surface area contributed by atoms with E-state index >= 15 is 0 Å². The van der Waals surface area contributed by atoms with E-state index in [2.05, 4.69) is 16.8 Å². The highest BCUT2D eigenvalue weighted by Crippen LogP contribution is 2.09. The lowest BCUT2D eigenvalue weighted by Crippen LogP contribution is -2.14. The Labute approximate surface area is 119 Å². The van der Waals surface area contributed by atoms with E-state index in [4.69, 9.17) is 0 Å². The standard InChI is InChI=1S/C18H17NO/c1-18(2,20)12-9-16-6-3-15(4-7-16)5-8-17-10-13-19-14-11-17/h3-8,10-11,13-14,20H,1-2H3/b8-5+. The number of aliphatic hydroxyl groups is 1. The van der Waals surface area contributed by atoms with E-state index in [1.165, 1.54) is 0 Å². The van der Waals surface area contributed by atoms with Gasteiger partial charge in [0.15, 0.2) is 0 Å². The number of pyridine rings is 1. The van der Waals surface area contributed by atoms with E-state index in [1.54, 1.807) is 26.2 Å². The summed E-state index contributed by atoms with van der Waals surface area (Å²) < 4.78 is 0. The molecule has 1 aromatic heterocycles. The Balaban J connectivity index is 2.09. The van der Waals surface area contributed by atoms with Crippen molar-refractivity contribution in [1.82, 2.24) is 4.98 Å². The van der Waals surface area contributed by atoms with Gasteiger partial charge in [-0.05, 0) is 49.2 Å². The Morgan fingerprint density at radius 2 is 1.50 bits per heavy atom. The molecule has 20 heavy (non-hydrogen) atoms. The van der Waals surface area contributed by atoms with E-state index < -0.39 is 5.60 Å². The molecule has 0 spiro atoms. The Morgan fingerprint density at radius 1 is 0.950 bits per heavy atom. The molecular weight excluding hydrogens is 246 g/mol. The minimum atomic E-state index is -0.958. The molecule has 2 nitrogen and oxygen atoms in total. The molecule has 1 N–H and O–H groups in total. The van der Waals surface area contributed by atoms with Gasteiger partial charge >= 0.3 is 0 Å². The molecule has 0 aliphatic heterocycles. The molecule has 0 saturated carbocycles. The zero-order valence-corrected chi connectivity index (χ0v) is 11.7. The third-order valence-corrected chi connectivity index (χ3v) is 2.60. The second-order valence-electron chi connectivity index (χ2n) is 5.04. The molecule has 2 heteroatoms. The monoisotopic (exact) mass is 263 g/mol. The SMILES string of the molecule is CC(C)(O)C#Cc1ccc(/C=C/c2ccncc2)cc1. The number of rotatable bonds is 2. The molecule has 0 saturated heterocycles. The van der Waals surface area contributed by atoms with Crippen LogP contribution in [-0.2, 0) is 0 Å². The van der Waals surface area contributed by atoms with Crippen LogP contribution >= 0.6 is 0 Å². The van der Waals surface area contributed by atoms with Crippen molar-refractivity contribution in [3.05, 3.63) is 65.5 Å². The first-order chi connectivity index (χ1) is 9.53. The molecule has 0 radical (unpaired) electrons. The lowest BCUT2D eigenvalue weighted by molar-refractivity contribution is 0.143. The Morgan fingerprint density at radius 3 is 2.05 bits per heavy atom. The first-order valence-corrected chi connectivity index (χ1v) is 6.47. The smallest absolute Gasteiger partial charge is 0.120 e. The van der Waals surface area contributed by atoms with Crippen LogP contribution in [0.3, 0.4) is 0 Å². The van der Waals surface area contributed by atoms with Crippen LogP contribution in [0.2, 0.25) is 0 Å². The Kier molecular flexibility index (Phi) is 4.34. The third-order valence-electron chi connectivity index (χ3n) is 2.60. The summed E-state index contributed by atoms with van der Waals surface area (Å²) in [5.74, 6) is 5.75. The highest BCUT2D eigenvalue weighted by molar-refractivity contribution is 5.69. The second-order valence-corrected chi connectivity index (χ2v) is 5.04. The van der Waals surface area contributed by atoms with Crippen molar-refractivity contribution in [3.8, 4) is 11.8 Å². The van der Waals surface area contributed by atoms with E-state index in [9.17, 15) is 5.11 Å². The van der Waals surface area contributed by atoms with Crippen LogP contribution in [0.25, 0.3) is 12.2 Å². The highest BCUT2D eigenvalue weighted by Gasteiger charge is 2.05. The summed E-state index contributed by atoms with van der Waals surface area (Å²) in [4.78, 5) is 3.98. The largest absolute Gasteiger partial charge is 0.378 e. The second kappa shape index (κ2) is 6.18. The first-order valence-electron chi connectivity index (χ1n) is 6.47. The van der Waals surface area contributed by atoms with Crippen molar-refractivity contribution in [1.29, 1.82) is 0 Å². The summed E-state index contributed by atoms with van der Waals surface area (Å²) in [7, 11) is 0.